The Morgan fingerprint density at radius 1 is 1.35 bits per heavy atom. The van der Waals surface area contributed by atoms with Gasteiger partial charge in [0.1, 0.15) is 15.6 Å². The van der Waals surface area contributed by atoms with Crippen molar-refractivity contribution in [2.75, 3.05) is 18.6 Å². The lowest BCUT2D eigenvalue weighted by atomic mass is 9.82. The third-order valence-electron chi connectivity index (χ3n) is 3.79. The second-order valence-electron chi connectivity index (χ2n) is 5.08. The Labute approximate surface area is 118 Å². The van der Waals surface area contributed by atoms with Gasteiger partial charge < -0.3 is 9.84 Å². The van der Waals surface area contributed by atoms with E-state index >= 15 is 0 Å². The summed E-state index contributed by atoms with van der Waals surface area (Å²) in [4.78, 5) is 11.6. The zero-order valence-corrected chi connectivity index (χ0v) is 12.1. The molecule has 1 N–H and O–H groups in total. The maximum atomic E-state index is 11.6. The number of rotatable bonds is 4. The van der Waals surface area contributed by atoms with E-state index in [0.717, 1.165) is 0 Å². The molecule has 0 aromatic heterocycles. The summed E-state index contributed by atoms with van der Waals surface area (Å²) in [5.74, 6) is -0.986. The molecule has 1 aliphatic rings. The molecule has 0 spiro atoms. The van der Waals surface area contributed by atoms with E-state index in [1.807, 2.05) is 0 Å². The molecule has 1 heterocycles. The van der Waals surface area contributed by atoms with Crippen molar-refractivity contribution in [2.24, 2.45) is 5.92 Å². The third kappa shape index (κ3) is 3.30. The average Bonchev–Trinajstić information content (AvgIpc) is 2.41. The van der Waals surface area contributed by atoms with Gasteiger partial charge >= 0.3 is 5.97 Å². The molecule has 1 aliphatic heterocycles. The highest BCUT2D eigenvalue weighted by atomic mass is 32.2. The molecule has 1 unspecified atom stereocenters. The molecule has 1 atom stereocenters. The fourth-order valence-corrected chi connectivity index (χ4v) is 4.22. The van der Waals surface area contributed by atoms with Crippen molar-refractivity contribution < 1.29 is 23.1 Å². The largest absolute Gasteiger partial charge is 0.497 e. The van der Waals surface area contributed by atoms with Crippen LogP contribution in [0.5, 0.6) is 5.75 Å². The van der Waals surface area contributed by atoms with Crippen LogP contribution < -0.4 is 4.74 Å². The number of ether oxygens (including phenoxy) is 1. The Morgan fingerprint density at radius 3 is 2.55 bits per heavy atom. The van der Waals surface area contributed by atoms with Gasteiger partial charge in [-0.05, 0) is 36.5 Å². The molecule has 110 valence electrons. The van der Waals surface area contributed by atoms with Crippen molar-refractivity contribution in [3.05, 3.63) is 29.8 Å². The van der Waals surface area contributed by atoms with E-state index in [4.69, 9.17) is 4.74 Å². The van der Waals surface area contributed by atoms with Gasteiger partial charge in [-0.15, -0.1) is 0 Å². The monoisotopic (exact) mass is 298 g/mol. The number of hydrogen-bond acceptors (Lipinski definition) is 4. The standard InChI is InChI=1S/C14H18O5S/c1-19-12-4-2-3-11(9-12)13(14(15)16)10-5-7-20(17,18)8-6-10/h2-4,9-10,13H,5-8H2,1H3,(H,15,16). The van der Waals surface area contributed by atoms with E-state index < -0.39 is 21.7 Å². The molecular weight excluding hydrogens is 280 g/mol. The van der Waals surface area contributed by atoms with Crippen LogP contribution in [0.3, 0.4) is 0 Å². The molecule has 0 bridgehead atoms. The molecule has 5 nitrogen and oxygen atoms in total. The number of methoxy groups -OCH3 is 1. The highest BCUT2D eigenvalue weighted by molar-refractivity contribution is 7.91. The summed E-state index contributed by atoms with van der Waals surface area (Å²) in [6.45, 7) is 0. The van der Waals surface area contributed by atoms with Gasteiger partial charge in [-0.3, -0.25) is 4.79 Å². The quantitative estimate of drug-likeness (QED) is 0.915. The maximum absolute atomic E-state index is 11.6. The molecule has 0 radical (unpaired) electrons. The Morgan fingerprint density at radius 2 is 2.00 bits per heavy atom. The summed E-state index contributed by atoms with van der Waals surface area (Å²) >= 11 is 0. The van der Waals surface area contributed by atoms with Gasteiger partial charge in [0.2, 0.25) is 0 Å². The number of hydrogen-bond donors (Lipinski definition) is 1. The van der Waals surface area contributed by atoms with E-state index in [9.17, 15) is 18.3 Å². The van der Waals surface area contributed by atoms with Gasteiger partial charge in [0.15, 0.2) is 0 Å². The number of aliphatic carboxylic acids is 1. The van der Waals surface area contributed by atoms with Crippen LogP contribution in [0.4, 0.5) is 0 Å². The fraction of sp³-hybridized carbons (Fsp3) is 0.500. The molecule has 0 saturated carbocycles. The van der Waals surface area contributed by atoms with Crippen LogP contribution in [-0.4, -0.2) is 38.1 Å². The Balaban J connectivity index is 2.25. The number of carboxylic acid groups (broad SMARTS) is 1. The molecule has 1 fully saturated rings. The fourth-order valence-electron chi connectivity index (χ4n) is 2.69. The highest BCUT2D eigenvalue weighted by Crippen LogP contribution is 2.35. The van der Waals surface area contributed by atoms with Crippen molar-refractivity contribution in [3.63, 3.8) is 0 Å². The minimum atomic E-state index is -2.99. The van der Waals surface area contributed by atoms with Crippen molar-refractivity contribution in [3.8, 4) is 5.75 Å². The van der Waals surface area contributed by atoms with Crippen LogP contribution in [0.1, 0.15) is 24.3 Å². The second-order valence-corrected chi connectivity index (χ2v) is 7.39. The molecule has 0 amide bonds. The number of carbonyl (C=O) groups is 1. The van der Waals surface area contributed by atoms with E-state index in [1.165, 1.54) is 7.11 Å². The molecule has 1 aromatic carbocycles. The van der Waals surface area contributed by atoms with E-state index in [2.05, 4.69) is 0 Å². The Kier molecular flexibility index (Phi) is 4.32. The molecule has 6 heteroatoms. The van der Waals surface area contributed by atoms with Gasteiger partial charge in [0.25, 0.3) is 0 Å². The van der Waals surface area contributed by atoms with Crippen LogP contribution >= 0.6 is 0 Å². The summed E-state index contributed by atoms with van der Waals surface area (Å²) < 4.78 is 28.0. The summed E-state index contributed by atoms with van der Waals surface area (Å²) in [7, 11) is -1.46. The lowest BCUT2D eigenvalue weighted by molar-refractivity contribution is -0.140. The predicted octanol–water partition coefficient (Wildman–Crippen LogP) is 1.69. The Hall–Kier alpha value is -1.56. The highest BCUT2D eigenvalue weighted by Gasteiger charge is 2.34. The number of carboxylic acids is 1. The van der Waals surface area contributed by atoms with Crippen molar-refractivity contribution in [1.82, 2.24) is 0 Å². The topological polar surface area (TPSA) is 80.7 Å². The first kappa shape index (κ1) is 14.8. The minimum Gasteiger partial charge on any atom is -0.497 e. The zero-order chi connectivity index (χ0) is 14.8. The first-order valence-corrected chi connectivity index (χ1v) is 8.32. The predicted molar refractivity (Wildman–Crippen MR) is 74.7 cm³/mol. The van der Waals surface area contributed by atoms with Crippen molar-refractivity contribution in [1.29, 1.82) is 0 Å². The SMILES string of the molecule is COc1cccc(C(C(=O)O)C2CCS(=O)(=O)CC2)c1. The van der Waals surface area contributed by atoms with Crippen molar-refractivity contribution in [2.45, 2.75) is 18.8 Å². The van der Waals surface area contributed by atoms with E-state index in [-0.39, 0.29) is 17.4 Å². The van der Waals surface area contributed by atoms with Crippen LogP contribution in [0, 0.1) is 5.92 Å². The number of benzene rings is 1. The zero-order valence-electron chi connectivity index (χ0n) is 11.3. The maximum Gasteiger partial charge on any atom is 0.311 e. The van der Waals surface area contributed by atoms with Crippen LogP contribution in [0.25, 0.3) is 0 Å². The Bertz CT molecular complexity index is 579. The van der Waals surface area contributed by atoms with E-state index in [1.54, 1.807) is 24.3 Å². The molecule has 2 rings (SSSR count). The van der Waals surface area contributed by atoms with Gasteiger partial charge in [-0.25, -0.2) is 8.42 Å². The molecule has 1 aromatic rings. The summed E-state index contributed by atoms with van der Waals surface area (Å²) in [5, 5.41) is 9.48. The molecule has 0 aliphatic carbocycles. The lowest BCUT2D eigenvalue weighted by Crippen LogP contribution is -2.30. The summed E-state index contributed by atoms with van der Waals surface area (Å²) in [6, 6.07) is 6.98. The summed E-state index contributed by atoms with van der Waals surface area (Å²) in [5.41, 5.74) is 0.668. The van der Waals surface area contributed by atoms with Crippen molar-refractivity contribution >= 4 is 15.8 Å². The van der Waals surface area contributed by atoms with Gasteiger partial charge in [-0.2, -0.15) is 0 Å². The van der Waals surface area contributed by atoms with Crippen LogP contribution in [-0.2, 0) is 14.6 Å². The summed E-state index contributed by atoms with van der Waals surface area (Å²) in [6.07, 6.45) is 0.799. The van der Waals surface area contributed by atoms with Gasteiger partial charge in [0, 0.05) is 0 Å². The second kappa shape index (κ2) is 5.83. The molecule has 20 heavy (non-hydrogen) atoms. The van der Waals surface area contributed by atoms with Gasteiger partial charge in [0.05, 0.1) is 24.5 Å². The normalized spacial score (nSPS) is 20.2. The first-order valence-electron chi connectivity index (χ1n) is 6.50. The van der Waals surface area contributed by atoms with E-state index in [0.29, 0.717) is 24.2 Å². The minimum absolute atomic E-state index is 0.0748. The average molecular weight is 298 g/mol. The molecule has 1 saturated heterocycles. The van der Waals surface area contributed by atoms with Gasteiger partial charge in [-0.1, -0.05) is 12.1 Å². The smallest absolute Gasteiger partial charge is 0.311 e. The van der Waals surface area contributed by atoms with Crippen LogP contribution in [0.2, 0.25) is 0 Å². The third-order valence-corrected chi connectivity index (χ3v) is 5.51. The number of sulfone groups is 1. The first-order chi connectivity index (χ1) is 9.43. The molecular formula is C14H18O5S. The lowest BCUT2D eigenvalue weighted by Gasteiger charge is -2.27. The van der Waals surface area contributed by atoms with Crippen LogP contribution in [0.15, 0.2) is 24.3 Å².